The van der Waals surface area contributed by atoms with Crippen molar-refractivity contribution in [3.63, 3.8) is 0 Å². The van der Waals surface area contributed by atoms with Gasteiger partial charge in [0.2, 0.25) is 0 Å². The number of amides is 2. The minimum atomic E-state index is -1.00. The first-order valence-electron chi connectivity index (χ1n) is 6.32. The summed E-state index contributed by atoms with van der Waals surface area (Å²) >= 11 is 0. The predicted molar refractivity (Wildman–Crippen MR) is 75.1 cm³/mol. The van der Waals surface area contributed by atoms with Crippen LogP contribution in [0.25, 0.3) is 0 Å². The first kappa shape index (κ1) is 14.6. The molecule has 2 heterocycles. The van der Waals surface area contributed by atoms with Crippen LogP contribution >= 0.6 is 0 Å². The lowest BCUT2D eigenvalue weighted by Crippen LogP contribution is -2.19. The van der Waals surface area contributed by atoms with Crippen LogP contribution in [0, 0.1) is 0 Å². The molecule has 0 saturated heterocycles. The Morgan fingerprint density at radius 1 is 1.33 bits per heavy atom. The largest absolute Gasteiger partial charge is 0.480 e. The van der Waals surface area contributed by atoms with E-state index in [9.17, 15) is 9.59 Å². The van der Waals surface area contributed by atoms with Crippen LogP contribution in [0.3, 0.4) is 0 Å². The number of urea groups is 1. The zero-order chi connectivity index (χ0) is 15.4. The van der Waals surface area contributed by atoms with E-state index >= 15 is 0 Å². The molecule has 0 fully saturated rings. The zero-order valence-corrected chi connectivity index (χ0v) is 11.7. The number of carboxylic acids is 1. The van der Waals surface area contributed by atoms with Gasteiger partial charge in [-0.15, -0.1) is 0 Å². The number of aromatic nitrogens is 4. The van der Waals surface area contributed by atoms with Crippen LogP contribution in [0.2, 0.25) is 0 Å². The normalized spacial score (nSPS) is 10.4. The third kappa shape index (κ3) is 3.81. The van der Waals surface area contributed by atoms with Gasteiger partial charge in [-0.2, -0.15) is 10.2 Å². The van der Waals surface area contributed by atoms with Gasteiger partial charge in [0.1, 0.15) is 6.54 Å². The molecule has 0 aliphatic carbocycles. The Bertz CT molecular complexity index is 660. The molecule has 9 heteroatoms. The van der Waals surface area contributed by atoms with Gasteiger partial charge in [0.15, 0.2) is 0 Å². The van der Waals surface area contributed by atoms with Crippen molar-refractivity contribution in [2.75, 3.05) is 10.6 Å². The first-order valence-corrected chi connectivity index (χ1v) is 6.32. The summed E-state index contributed by atoms with van der Waals surface area (Å²) in [5.74, 6) is -1.00. The molecule has 2 amide bonds. The number of carboxylic acid groups (broad SMARTS) is 1. The molecular formula is C12H16N6O3. The van der Waals surface area contributed by atoms with E-state index in [1.807, 2.05) is 6.92 Å². The molecule has 0 bridgehead atoms. The average Bonchev–Trinajstić information content (AvgIpc) is 2.95. The van der Waals surface area contributed by atoms with E-state index in [1.54, 1.807) is 17.9 Å². The van der Waals surface area contributed by atoms with Crippen molar-refractivity contribution in [1.29, 1.82) is 0 Å². The van der Waals surface area contributed by atoms with Gasteiger partial charge in [-0.25, -0.2) is 4.79 Å². The number of hydrogen-bond donors (Lipinski definition) is 3. The molecule has 0 spiro atoms. The van der Waals surface area contributed by atoms with Gasteiger partial charge >= 0.3 is 12.0 Å². The molecule has 0 unspecified atom stereocenters. The number of aliphatic carboxylic acids is 1. The third-order valence-electron chi connectivity index (χ3n) is 2.68. The molecule has 0 aliphatic rings. The van der Waals surface area contributed by atoms with Crippen molar-refractivity contribution in [3.8, 4) is 0 Å². The SMILES string of the molecule is CCc1nn(C)cc1NC(=O)Nc1cnn(CC(=O)O)c1. The Morgan fingerprint density at radius 3 is 2.76 bits per heavy atom. The summed E-state index contributed by atoms with van der Waals surface area (Å²) in [6.45, 7) is 1.69. The molecule has 0 atom stereocenters. The first-order chi connectivity index (χ1) is 9.97. The Hall–Kier alpha value is -2.84. The summed E-state index contributed by atoms with van der Waals surface area (Å²) in [7, 11) is 1.78. The van der Waals surface area contributed by atoms with E-state index in [0.29, 0.717) is 17.8 Å². The highest BCUT2D eigenvalue weighted by Crippen LogP contribution is 2.14. The third-order valence-corrected chi connectivity index (χ3v) is 2.68. The van der Waals surface area contributed by atoms with Crippen LogP contribution in [0.4, 0.5) is 16.2 Å². The smallest absolute Gasteiger partial charge is 0.325 e. The second kappa shape index (κ2) is 6.07. The van der Waals surface area contributed by atoms with Crippen molar-refractivity contribution in [3.05, 3.63) is 24.3 Å². The predicted octanol–water partition coefficient (Wildman–Crippen LogP) is 0.908. The van der Waals surface area contributed by atoms with E-state index in [4.69, 9.17) is 5.11 Å². The number of nitrogens with zero attached hydrogens (tertiary/aromatic N) is 4. The summed E-state index contributed by atoms with van der Waals surface area (Å²) in [4.78, 5) is 22.4. The van der Waals surface area contributed by atoms with Gasteiger partial charge in [-0.3, -0.25) is 14.2 Å². The Morgan fingerprint density at radius 2 is 2.10 bits per heavy atom. The summed E-state index contributed by atoms with van der Waals surface area (Å²) in [6, 6.07) is -0.437. The van der Waals surface area contributed by atoms with Gasteiger partial charge in [-0.1, -0.05) is 6.92 Å². The molecular weight excluding hydrogens is 276 g/mol. The van der Waals surface area contributed by atoms with Crippen molar-refractivity contribution < 1.29 is 14.7 Å². The highest BCUT2D eigenvalue weighted by atomic mass is 16.4. The van der Waals surface area contributed by atoms with E-state index in [2.05, 4.69) is 20.8 Å². The lowest BCUT2D eigenvalue weighted by Gasteiger charge is -2.04. The van der Waals surface area contributed by atoms with E-state index in [1.165, 1.54) is 17.1 Å². The number of hydrogen-bond acceptors (Lipinski definition) is 4. The van der Waals surface area contributed by atoms with E-state index in [-0.39, 0.29) is 6.54 Å². The lowest BCUT2D eigenvalue weighted by molar-refractivity contribution is -0.137. The summed E-state index contributed by atoms with van der Waals surface area (Å²) in [5, 5.41) is 22.0. The molecule has 2 aromatic rings. The van der Waals surface area contributed by atoms with Crippen molar-refractivity contribution in [2.45, 2.75) is 19.9 Å². The Labute approximate surface area is 120 Å². The van der Waals surface area contributed by atoms with Crippen molar-refractivity contribution >= 4 is 23.4 Å². The van der Waals surface area contributed by atoms with Crippen molar-refractivity contribution in [2.24, 2.45) is 7.05 Å². The van der Waals surface area contributed by atoms with Gasteiger partial charge in [0.05, 0.1) is 23.3 Å². The molecule has 2 aromatic heterocycles. The van der Waals surface area contributed by atoms with Crippen LogP contribution in [0.15, 0.2) is 18.6 Å². The molecule has 0 saturated carbocycles. The number of nitrogens with one attached hydrogen (secondary N) is 2. The fourth-order valence-electron chi connectivity index (χ4n) is 1.84. The molecule has 21 heavy (non-hydrogen) atoms. The van der Waals surface area contributed by atoms with Crippen LogP contribution in [0.5, 0.6) is 0 Å². The number of anilines is 2. The number of carbonyl (C=O) groups excluding carboxylic acids is 1. The zero-order valence-electron chi connectivity index (χ0n) is 11.7. The van der Waals surface area contributed by atoms with Crippen LogP contribution in [0.1, 0.15) is 12.6 Å². The van der Waals surface area contributed by atoms with Crippen LogP contribution in [-0.2, 0) is 24.8 Å². The maximum atomic E-state index is 11.9. The highest BCUT2D eigenvalue weighted by molar-refractivity contribution is 5.99. The summed E-state index contributed by atoms with van der Waals surface area (Å²) in [5.41, 5.74) is 1.83. The average molecular weight is 292 g/mol. The number of rotatable bonds is 5. The highest BCUT2D eigenvalue weighted by Gasteiger charge is 2.10. The second-order valence-corrected chi connectivity index (χ2v) is 4.42. The lowest BCUT2D eigenvalue weighted by atomic mass is 10.3. The fraction of sp³-hybridized carbons (Fsp3) is 0.333. The minimum absolute atomic E-state index is 0.258. The molecule has 0 aliphatic heterocycles. The molecule has 0 aromatic carbocycles. The Kier molecular flexibility index (Phi) is 4.21. The van der Waals surface area contributed by atoms with E-state index < -0.39 is 12.0 Å². The minimum Gasteiger partial charge on any atom is -0.480 e. The standard InChI is InChI=1S/C12H16N6O3/c1-3-9-10(6-17(2)16-9)15-12(21)14-8-4-13-18(5-8)7-11(19)20/h4-6H,3,7H2,1-2H3,(H,19,20)(H2,14,15,21). The summed E-state index contributed by atoms with van der Waals surface area (Å²) < 4.78 is 2.85. The quantitative estimate of drug-likeness (QED) is 0.757. The fourth-order valence-corrected chi connectivity index (χ4v) is 1.84. The van der Waals surface area contributed by atoms with Gasteiger partial charge in [0.25, 0.3) is 0 Å². The van der Waals surface area contributed by atoms with Crippen molar-refractivity contribution in [1.82, 2.24) is 19.6 Å². The second-order valence-electron chi connectivity index (χ2n) is 4.42. The monoisotopic (exact) mass is 292 g/mol. The molecule has 3 N–H and O–H groups in total. The maximum absolute atomic E-state index is 11.9. The number of carbonyl (C=O) groups is 2. The van der Waals surface area contributed by atoms with Gasteiger partial charge in [0, 0.05) is 19.4 Å². The maximum Gasteiger partial charge on any atom is 0.325 e. The van der Waals surface area contributed by atoms with Crippen LogP contribution < -0.4 is 10.6 Å². The molecule has 112 valence electrons. The molecule has 9 nitrogen and oxygen atoms in total. The number of aryl methyl sites for hydroxylation is 2. The van der Waals surface area contributed by atoms with Gasteiger partial charge < -0.3 is 15.7 Å². The Balaban J connectivity index is 1.98. The van der Waals surface area contributed by atoms with Crippen LogP contribution in [-0.4, -0.2) is 36.7 Å². The molecule has 0 radical (unpaired) electrons. The summed E-state index contributed by atoms with van der Waals surface area (Å²) in [6.07, 6.45) is 5.24. The van der Waals surface area contributed by atoms with Gasteiger partial charge in [-0.05, 0) is 6.42 Å². The molecule has 2 rings (SSSR count). The topological polar surface area (TPSA) is 114 Å². The van der Waals surface area contributed by atoms with E-state index in [0.717, 1.165) is 5.69 Å².